The van der Waals surface area contributed by atoms with Crippen LogP contribution in [0, 0.1) is 5.92 Å². The number of nitrogens with zero attached hydrogens (tertiary/aromatic N) is 3. The lowest BCUT2D eigenvalue weighted by atomic mass is 9.97. The molecule has 26 heavy (non-hydrogen) atoms. The highest BCUT2D eigenvalue weighted by Crippen LogP contribution is 2.18. The molecule has 1 aliphatic heterocycles. The molecule has 0 aromatic carbocycles. The SMILES string of the molecule is CCCC[C@H](CC)C(=O)N(CCCN1CCOCC1)Cc1cccn1C. The molecule has 5 nitrogen and oxygen atoms in total. The molecule has 0 saturated carbocycles. The maximum absolute atomic E-state index is 13.2. The number of ether oxygens (including phenoxy) is 1. The Morgan fingerprint density at radius 1 is 1.27 bits per heavy atom. The first-order valence-corrected chi connectivity index (χ1v) is 10.3. The van der Waals surface area contributed by atoms with E-state index in [0.717, 1.165) is 71.5 Å². The summed E-state index contributed by atoms with van der Waals surface area (Å²) in [5.41, 5.74) is 1.20. The molecule has 1 amide bonds. The molecule has 1 atom stereocenters. The van der Waals surface area contributed by atoms with Crippen LogP contribution in [0.5, 0.6) is 0 Å². The summed E-state index contributed by atoms with van der Waals surface area (Å²) in [4.78, 5) is 17.7. The number of carbonyl (C=O) groups excluding carboxylic acids is 1. The number of amides is 1. The fourth-order valence-corrected chi connectivity index (χ4v) is 3.64. The van der Waals surface area contributed by atoms with Gasteiger partial charge in [0.1, 0.15) is 0 Å². The van der Waals surface area contributed by atoms with E-state index >= 15 is 0 Å². The minimum absolute atomic E-state index is 0.165. The minimum atomic E-state index is 0.165. The van der Waals surface area contributed by atoms with Gasteiger partial charge in [-0.25, -0.2) is 0 Å². The van der Waals surface area contributed by atoms with Crippen LogP contribution in [0.1, 0.15) is 51.6 Å². The van der Waals surface area contributed by atoms with Crippen LogP contribution < -0.4 is 0 Å². The maximum atomic E-state index is 13.2. The normalized spacial score (nSPS) is 16.6. The van der Waals surface area contributed by atoms with Crippen molar-refractivity contribution >= 4 is 5.91 Å². The molecule has 0 N–H and O–H groups in total. The molecule has 1 saturated heterocycles. The van der Waals surface area contributed by atoms with Crippen molar-refractivity contribution in [2.24, 2.45) is 13.0 Å². The molecule has 1 aliphatic rings. The van der Waals surface area contributed by atoms with E-state index in [2.05, 4.69) is 53.6 Å². The summed E-state index contributed by atoms with van der Waals surface area (Å²) in [6.45, 7) is 10.6. The van der Waals surface area contributed by atoms with Gasteiger partial charge in [0.2, 0.25) is 5.91 Å². The van der Waals surface area contributed by atoms with E-state index in [4.69, 9.17) is 4.74 Å². The molecule has 148 valence electrons. The lowest BCUT2D eigenvalue weighted by Gasteiger charge is -2.30. The van der Waals surface area contributed by atoms with Crippen molar-refractivity contribution in [2.45, 2.75) is 52.5 Å². The van der Waals surface area contributed by atoms with Crippen molar-refractivity contribution in [1.29, 1.82) is 0 Å². The van der Waals surface area contributed by atoms with Gasteiger partial charge in [-0.2, -0.15) is 0 Å². The second-order valence-corrected chi connectivity index (χ2v) is 7.43. The van der Waals surface area contributed by atoms with Gasteiger partial charge in [0, 0.05) is 51.0 Å². The van der Waals surface area contributed by atoms with Gasteiger partial charge in [-0.1, -0.05) is 26.7 Å². The summed E-state index contributed by atoms with van der Waals surface area (Å²) in [6, 6.07) is 4.18. The molecule has 5 heteroatoms. The summed E-state index contributed by atoms with van der Waals surface area (Å²) in [5, 5.41) is 0. The van der Waals surface area contributed by atoms with Crippen molar-refractivity contribution in [3.8, 4) is 0 Å². The van der Waals surface area contributed by atoms with E-state index in [-0.39, 0.29) is 5.92 Å². The van der Waals surface area contributed by atoms with E-state index in [1.165, 1.54) is 5.69 Å². The Hall–Kier alpha value is -1.33. The number of hydrogen-bond donors (Lipinski definition) is 0. The first-order chi connectivity index (χ1) is 12.7. The first kappa shape index (κ1) is 21.0. The molecule has 0 aliphatic carbocycles. The summed E-state index contributed by atoms with van der Waals surface area (Å²) >= 11 is 0. The predicted molar refractivity (Wildman–Crippen MR) is 106 cm³/mol. The molecule has 0 bridgehead atoms. The summed E-state index contributed by atoms with van der Waals surface area (Å²) in [7, 11) is 2.06. The highest BCUT2D eigenvalue weighted by Gasteiger charge is 2.23. The minimum Gasteiger partial charge on any atom is -0.379 e. The molecule has 1 aromatic heterocycles. The number of morpholine rings is 1. The third kappa shape index (κ3) is 6.44. The van der Waals surface area contributed by atoms with Crippen molar-refractivity contribution in [3.63, 3.8) is 0 Å². The zero-order chi connectivity index (χ0) is 18.8. The quantitative estimate of drug-likeness (QED) is 0.605. The number of unbranched alkanes of at least 4 members (excludes halogenated alkanes) is 1. The van der Waals surface area contributed by atoms with Gasteiger partial charge in [0.15, 0.2) is 0 Å². The topological polar surface area (TPSA) is 37.7 Å². The zero-order valence-electron chi connectivity index (χ0n) is 17.0. The number of rotatable bonds is 11. The predicted octanol–water partition coefficient (Wildman–Crippen LogP) is 3.29. The van der Waals surface area contributed by atoms with E-state index < -0.39 is 0 Å². The molecule has 2 rings (SSSR count). The van der Waals surface area contributed by atoms with Crippen LogP contribution in [-0.2, 0) is 23.1 Å². The monoisotopic (exact) mass is 363 g/mol. The highest BCUT2D eigenvalue weighted by atomic mass is 16.5. The summed E-state index contributed by atoms with van der Waals surface area (Å²) in [5.74, 6) is 0.503. The van der Waals surface area contributed by atoms with Crippen LogP contribution in [0.25, 0.3) is 0 Å². The molecule has 0 spiro atoms. The molecular formula is C21H37N3O2. The van der Waals surface area contributed by atoms with E-state index in [1.54, 1.807) is 0 Å². The Balaban J connectivity index is 1.95. The summed E-state index contributed by atoms with van der Waals surface area (Å²) < 4.78 is 7.54. The lowest BCUT2D eigenvalue weighted by Crippen LogP contribution is -2.40. The number of carbonyl (C=O) groups is 1. The molecule has 0 unspecified atom stereocenters. The molecule has 2 heterocycles. The largest absolute Gasteiger partial charge is 0.379 e. The Labute approximate surface area is 159 Å². The van der Waals surface area contributed by atoms with Crippen LogP contribution in [0.2, 0.25) is 0 Å². The van der Waals surface area contributed by atoms with Crippen molar-refractivity contribution in [1.82, 2.24) is 14.4 Å². The van der Waals surface area contributed by atoms with Crippen LogP contribution in [0.15, 0.2) is 18.3 Å². The fourth-order valence-electron chi connectivity index (χ4n) is 3.64. The molecule has 1 fully saturated rings. The van der Waals surface area contributed by atoms with Crippen LogP contribution in [0.3, 0.4) is 0 Å². The fraction of sp³-hybridized carbons (Fsp3) is 0.762. The van der Waals surface area contributed by atoms with Gasteiger partial charge in [-0.05, 0) is 31.4 Å². The number of aromatic nitrogens is 1. The Morgan fingerprint density at radius 2 is 2.04 bits per heavy atom. The van der Waals surface area contributed by atoms with Gasteiger partial charge in [0.05, 0.1) is 19.8 Å². The van der Waals surface area contributed by atoms with Gasteiger partial charge < -0.3 is 14.2 Å². The van der Waals surface area contributed by atoms with Crippen molar-refractivity contribution in [2.75, 3.05) is 39.4 Å². The average molecular weight is 364 g/mol. The summed E-state index contributed by atoms with van der Waals surface area (Å²) in [6.07, 6.45) is 7.32. The van der Waals surface area contributed by atoms with Gasteiger partial charge >= 0.3 is 0 Å². The number of hydrogen-bond acceptors (Lipinski definition) is 3. The van der Waals surface area contributed by atoms with E-state index in [1.807, 2.05) is 0 Å². The van der Waals surface area contributed by atoms with Gasteiger partial charge in [-0.15, -0.1) is 0 Å². The third-order valence-corrected chi connectivity index (χ3v) is 5.47. The van der Waals surface area contributed by atoms with Crippen LogP contribution in [-0.4, -0.2) is 59.7 Å². The molecule has 1 aromatic rings. The first-order valence-electron chi connectivity index (χ1n) is 10.3. The Bertz CT molecular complexity index is 523. The average Bonchev–Trinajstić information content (AvgIpc) is 3.07. The van der Waals surface area contributed by atoms with E-state index in [9.17, 15) is 4.79 Å². The molecular weight excluding hydrogens is 326 g/mol. The smallest absolute Gasteiger partial charge is 0.226 e. The lowest BCUT2D eigenvalue weighted by molar-refractivity contribution is -0.136. The Kier molecular flexibility index (Phi) is 9.19. The zero-order valence-corrected chi connectivity index (χ0v) is 17.0. The maximum Gasteiger partial charge on any atom is 0.226 e. The highest BCUT2D eigenvalue weighted by molar-refractivity contribution is 5.78. The third-order valence-electron chi connectivity index (χ3n) is 5.47. The van der Waals surface area contributed by atoms with Crippen LogP contribution >= 0.6 is 0 Å². The second-order valence-electron chi connectivity index (χ2n) is 7.43. The Morgan fingerprint density at radius 3 is 2.65 bits per heavy atom. The second kappa shape index (κ2) is 11.4. The van der Waals surface area contributed by atoms with Gasteiger partial charge in [0.25, 0.3) is 0 Å². The van der Waals surface area contributed by atoms with Crippen molar-refractivity contribution < 1.29 is 9.53 Å². The number of aryl methyl sites for hydroxylation is 1. The van der Waals surface area contributed by atoms with E-state index in [0.29, 0.717) is 12.5 Å². The van der Waals surface area contributed by atoms with Gasteiger partial charge in [-0.3, -0.25) is 9.69 Å². The standard InChI is InChI=1S/C21H37N3O2/c1-4-6-9-19(5-2)21(25)24(18-20-10-7-11-22(20)3)13-8-12-23-14-16-26-17-15-23/h7,10-11,19H,4-6,8-9,12-18H2,1-3H3/t19-/m0/s1. The molecule has 0 radical (unpaired) electrons. The van der Waals surface area contributed by atoms with Crippen LogP contribution in [0.4, 0.5) is 0 Å². The van der Waals surface area contributed by atoms with Crippen molar-refractivity contribution in [3.05, 3.63) is 24.0 Å².